The average molecular weight is 230 g/mol. The topological polar surface area (TPSA) is 60.9 Å². The molecule has 0 spiro atoms. The molecule has 1 amide bonds. The van der Waals surface area contributed by atoms with Gasteiger partial charge in [-0.25, -0.2) is 0 Å². The summed E-state index contributed by atoms with van der Waals surface area (Å²) in [5, 5.41) is 8.74. The SMILES string of the molecule is CCN(C(C)CC(=O)O)C(C)C(=O)N(C)C. The lowest BCUT2D eigenvalue weighted by Crippen LogP contribution is -2.48. The third-order valence-electron chi connectivity index (χ3n) is 2.70. The Morgan fingerprint density at radius 1 is 1.25 bits per heavy atom. The standard InChI is InChI=1S/C11H22N2O3/c1-6-13(8(2)7-10(14)15)9(3)11(16)12(4)5/h8-9H,6-7H2,1-5H3,(H,14,15). The molecule has 2 unspecified atom stereocenters. The van der Waals surface area contributed by atoms with E-state index in [1.165, 1.54) is 4.90 Å². The van der Waals surface area contributed by atoms with E-state index in [0.29, 0.717) is 6.54 Å². The summed E-state index contributed by atoms with van der Waals surface area (Å²) in [7, 11) is 3.41. The fraction of sp³-hybridized carbons (Fsp3) is 0.818. The minimum Gasteiger partial charge on any atom is -0.481 e. The quantitative estimate of drug-likeness (QED) is 0.727. The first-order valence-electron chi connectivity index (χ1n) is 5.49. The van der Waals surface area contributed by atoms with E-state index in [1.807, 2.05) is 25.7 Å². The van der Waals surface area contributed by atoms with E-state index in [0.717, 1.165) is 0 Å². The molecule has 0 rings (SSSR count). The highest BCUT2D eigenvalue weighted by Gasteiger charge is 2.26. The van der Waals surface area contributed by atoms with Gasteiger partial charge in [0.2, 0.25) is 5.91 Å². The number of carboxylic acids is 1. The molecule has 0 aromatic carbocycles. The van der Waals surface area contributed by atoms with Gasteiger partial charge in [0.25, 0.3) is 0 Å². The molecule has 0 heterocycles. The van der Waals surface area contributed by atoms with Crippen LogP contribution in [0.25, 0.3) is 0 Å². The zero-order chi connectivity index (χ0) is 12.9. The van der Waals surface area contributed by atoms with E-state index in [2.05, 4.69) is 0 Å². The van der Waals surface area contributed by atoms with Crippen LogP contribution in [-0.2, 0) is 9.59 Å². The molecule has 0 radical (unpaired) electrons. The van der Waals surface area contributed by atoms with Crippen molar-refractivity contribution in [1.82, 2.24) is 9.80 Å². The van der Waals surface area contributed by atoms with Crippen LogP contribution >= 0.6 is 0 Å². The van der Waals surface area contributed by atoms with Gasteiger partial charge in [0.15, 0.2) is 0 Å². The zero-order valence-corrected chi connectivity index (χ0v) is 10.7. The fourth-order valence-corrected chi connectivity index (χ4v) is 1.85. The maximum atomic E-state index is 11.8. The Morgan fingerprint density at radius 3 is 2.06 bits per heavy atom. The van der Waals surface area contributed by atoms with Gasteiger partial charge in [-0.05, 0) is 20.4 Å². The van der Waals surface area contributed by atoms with Crippen molar-refractivity contribution in [2.45, 2.75) is 39.3 Å². The molecule has 94 valence electrons. The van der Waals surface area contributed by atoms with Crippen molar-refractivity contribution >= 4 is 11.9 Å². The molecule has 0 aliphatic rings. The van der Waals surface area contributed by atoms with Crippen molar-refractivity contribution in [3.8, 4) is 0 Å². The van der Waals surface area contributed by atoms with Crippen LogP contribution in [0.15, 0.2) is 0 Å². The van der Waals surface area contributed by atoms with E-state index >= 15 is 0 Å². The van der Waals surface area contributed by atoms with E-state index in [1.54, 1.807) is 14.1 Å². The van der Waals surface area contributed by atoms with E-state index in [-0.39, 0.29) is 24.4 Å². The van der Waals surface area contributed by atoms with E-state index < -0.39 is 5.97 Å². The molecule has 5 heteroatoms. The molecule has 0 saturated carbocycles. The number of hydrogen-bond acceptors (Lipinski definition) is 3. The summed E-state index contributed by atoms with van der Waals surface area (Å²) in [4.78, 5) is 25.8. The lowest BCUT2D eigenvalue weighted by atomic mass is 10.1. The normalized spacial score (nSPS) is 14.6. The number of carbonyl (C=O) groups is 2. The molecule has 0 bridgehead atoms. The van der Waals surface area contributed by atoms with Gasteiger partial charge in [0.05, 0.1) is 12.5 Å². The Kier molecular flexibility index (Phi) is 6.03. The lowest BCUT2D eigenvalue weighted by Gasteiger charge is -2.33. The van der Waals surface area contributed by atoms with Crippen LogP contribution in [0.4, 0.5) is 0 Å². The monoisotopic (exact) mass is 230 g/mol. The molecule has 0 fully saturated rings. The van der Waals surface area contributed by atoms with Crippen molar-refractivity contribution in [2.75, 3.05) is 20.6 Å². The molecule has 0 aliphatic carbocycles. The molecule has 0 aromatic heterocycles. The number of rotatable bonds is 6. The highest BCUT2D eigenvalue weighted by Crippen LogP contribution is 2.10. The Labute approximate surface area is 97.0 Å². The minimum atomic E-state index is -0.838. The Hall–Kier alpha value is -1.10. The molecule has 5 nitrogen and oxygen atoms in total. The van der Waals surface area contributed by atoms with Crippen molar-refractivity contribution in [3.05, 3.63) is 0 Å². The number of nitrogens with zero attached hydrogens (tertiary/aromatic N) is 2. The maximum absolute atomic E-state index is 11.8. The molecule has 2 atom stereocenters. The maximum Gasteiger partial charge on any atom is 0.304 e. The van der Waals surface area contributed by atoms with Crippen LogP contribution in [0.3, 0.4) is 0 Å². The molecular formula is C11H22N2O3. The predicted octanol–water partition coefficient (Wildman–Crippen LogP) is 0.648. The molecule has 1 N–H and O–H groups in total. The second kappa shape index (κ2) is 6.48. The Morgan fingerprint density at radius 2 is 1.75 bits per heavy atom. The summed E-state index contributed by atoms with van der Waals surface area (Å²) in [5.74, 6) is -0.838. The van der Waals surface area contributed by atoms with Gasteiger partial charge in [-0.3, -0.25) is 14.5 Å². The Bertz CT molecular complexity index is 254. The number of hydrogen-bond donors (Lipinski definition) is 1. The zero-order valence-electron chi connectivity index (χ0n) is 10.7. The smallest absolute Gasteiger partial charge is 0.304 e. The van der Waals surface area contributed by atoms with Gasteiger partial charge < -0.3 is 10.0 Å². The first-order chi connectivity index (χ1) is 7.31. The molecule has 0 saturated heterocycles. The first kappa shape index (κ1) is 14.9. The Balaban J connectivity index is 4.59. The predicted molar refractivity (Wildman–Crippen MR) is 62.3 cm³/mol. The summed E-state index contributed by atoms with van der Waals surface area (Å²) in [6.07, 6.45) is 0.0545. The van der Waals surface area contributed by atoms with Crippen molar-refractivity contribution in [3.63, 3.8) is 0 Å². The van der Waals surface area contributed by atoms with Gasteiger partial charge >= 0.3 is 5.97 Å². The largest absolute Gasteiger partial charge is 0.481 e. The summed E-state index contributed by atoms with van der Waals surface area (Å²) in [6, 6.07) is -0.421. The van der Waals surface area contributed by atoms with Crippen LogP contribution in [0, 0.1) is 0 Å². The van der Waals surface area contributed by atoms with Crippen LogP contribution in [0.2, 0.25) is 0 Å². The molecule has 16 heavy (non-hydrogen) atoms. The minimum absolute atomic E-state index is 0.000844. The van der Waals surface area contributed by atoms with Crippen molar-refractivity contribution in [1.29, 1.82) is 0 Å². The second-order valence-electron chi connectivity index (χ2n) is 4.19. The van der Waals surface area contributed by atoms with Gasteiger partial charge in [-0.2, -0.15) is 0 Å². The number of amides is 1. The summed E-state index contributed by atoms with van der Waals surface area (Å²) < 4.78 is 0. The highest BCUT2D eigenvalue weighted by molar-refractivity contribution is 5.81. The van der Waals surface area contributed by atoms with Crippen molar-refractivity contribution < 1.29 is 14.7 Å². The fourth-order valence-electron chi connectivity index (χ4n) is 1.85. The summed E-state index contributed by atoms with van der Waals surface area (Å²) >= 11 is 0. The average Bonchev–Trinajstić information content (AvgIpc) is 2.16. The van der Waals surface area contributed by atoms with Gasteiger partial charge in [0.1, 0.15) is 0 Å². The third-order valence-corrected chi connectivity index (χ3v) is 2.70. The van der Waals surface area contributed by atoms with Crippen LogP contribution in [0.5, 0.6) is 0 Å². The highest BCUT2D eigenvalue weighted by atomic mass is 16.4. The number of carboxylic acid groups (broad SMARTS) is 1. The molecule has 0 aromatic rings. The number of likely N-dealkylation sites (N-methyl/N-ethyl adjacent to an activating group) is 2. The molecule has 0 aliphatic heterocycles. The molecular weight excluding hydrogens is 208 g/mol. The number of carbonyl (C=O) groups excluding carboxylic acids is 1. The third kappa shape index (κ3) is 4.18. The van der Waals surface area contributed by atoms with E-state index in [4.69, 9.17) is 5.11 Å². The van der Waals surface area contributed by atoms with Crippen molar-refractivity contribution in [2.24, 2.45) is 0 Å². The van der Waals surface area contributed by atoms with Crippen LogP contribution in [0.1, 0.15) is 27.2 Å². The van der Waals surface area contributed by atoms with Gasteiger partial charge in [0, 0.05) is 20.1 Å². The first-order valence-corrected chi connectivity index (χ1v) is 5.49. The summed E-state index contributed by atoms with van der Waals surface area (Å²) in [5.41, 5.74) is 0. The van der Waals surface area contributed by atoms with Gasteiger partial charge in [-0.1, -0.05) is 6.92 Å². The van der Waals surface area contributed by atoms with E-state index in [9.17, 15) is 9.59 Å². The number of aliphatic carboxylic acids is 1. The second-order valence-corrected chi connectivity index (χ2v) is 4.19. The summed E-state index contributed by atoms with van der Waals surface area (Å²) in [6.45, 7) is 6.23. The lowest BCUT2D eigenvalue weighted by molar-refractivity contribution is -0.141. The van der Waals surface area contributed by atoms with Crippen LogP contribution in [-0.4, -0.2) is 59.5 Å². The van der Waals surface area contributed by atoms with Crippen LogP contribution < -0.4 is 0 Å². The van der Waals surface area contributed by atoms with Gasteiger partial charge in [-0.15, -0.1) is 0 Å².